The van der Waals surface area contributed by atoms with Crippen molar-refractivity contribution in [3.8, 4) is 5.75 Å². The molecule has 3 aromatic rings. The minimum absolute atomic E-state index is 0.130. The number of alkyl halides is 3. The third-order valence-corrected chi connectivity index (χ3v) is 6.26. The van der Waals surface area contributed by atoms with Gasteiger partial charge >= 0.3 is 12.4 Å². The van der Waals surface area contributed by atoms with E-state index >= 15 is 0 Å². The lowest BCUT2D eigenvalue weighted by molar-refractivity contribution is -0.274. The number of urea groups is 1. The van der Waals surface area contributed by atoms with Crippen LogP contribution in [-0.2, 0) is 11.3 Å². The third kappa shape index (κ3) is 4.87. The number of benzene rings is 2. The van der Waals surface area contributed by atoms with Crippen molar-refractivity contribution in [2.45, 2.75) is 32.2 Å². The highest BCUT2D eigenvalue weighted by molar-refractivity contribution is 6.19. The van der Waals surface area contributed by atoms with Crippen LogP contribution in [0.3, 0.4) is 0 Å². The number of anilines is 2. The normalized spacial score (nSPS) is 16.9. The lowest BCUT2D eigenvalue weighted by atomic mass is 10.1. The standard InChI is InChI=1S/C25H23F3N4O3/c26-25(27,28)35-20-7-4-18(5-8-20)32-23(33)16-31(24(32)34)15-17-10-11-29-22-9-6-19(14-21(17)22)30-12-2-1-3-13-30/h4-11,14H,1-3,12-13,15-16H2. The summed E-state index contributed by atoms with van der Waals surface area (Å²) in [6.07, 6.45) is 0.399. The first-order chi connectivity index (χ1) is 16.8. The molecule has 5 rings (SSSR count). The monoisotopic (exact) mass is 484 g/mol. The molecule has 10 heteroatoms. The summed E-state index contributed by atoms with van der Waals surface area (Å²) in [4.78, 5) is 34.9. The molecule has 2 aromatic carbocycles. The van der Waals surface area contributed by atoms with E-state index in [1.165, 1.54) is 23.5 Å². The number of hydrogen-bond acceptors (Lipinski definition) is 5. The number of rotatable bonds is 5. The molecule has 0 radical (unpaired) electrons. The number of hydrogen-bond donors (Lipinski definition) is 0. The fourth-order valence-electron chi connectivity index (χ4n) is 4.61. The van der Waals surface area contributed by atoms with Gasteiger partial charge in [-0.05, 0) is 73.4 Å². The van der Waals surface area contributed by atoms with Crippen LogP contribution in [0, 0.1) is 0 Å². The number of imide groups is 1. The van der Waals surface area contributed by atoms with E-state index in [1.54, 1.807) is 6.20 Å². The van der Waals surface area contributed by atoms with Gasteiger partial charge in [-0.1, -0.05) is 0 Å². The number of piperidine rings is 1. The molecule has 2 aliphatic rings. The topological polar surface area (TPSA) is 66.0 Å². The Bertz CT molecular complexity index is 1260. The SMILES string of the molecule is O=C1CN(Cc2ccnc3ccc(N4CCCCC4)cc23)C(=O)N1c1ccc(OC(F)(F)F)cc1. The van der Waals surface area contributed by atoms with Crippen molar-refractivity contribution in [1.29, 1.82) is 0 Å². The van der Waals surface area contributed by atoms with Gasteiger partial charge in [-0.3, -0.25) is 9.78 Å². The van der Waals surface area contributed by atoms with Gasteiger partial charge in [-0.2, -0.15) is 0 Å². The highest BCUT2D eigenvalue weighted by Crippen LogP contribution is 2.30. The highest BCUT2D eigenvalue weighted by Gasteiger charge is 2.37. The van der Waals surface area contributed by atoms with Gasteiger partial charge in [-0.15, -0.1) is 13.2 Å². The molecule has 0 N–H and O–H groups in total. The molecule has 2 aliphatic heterocycles. The Labute approximate surface area is 199 Å². The van der Waals surface area contributed by atoms with Crippen molar-refractivity contribution in [3.05, 3.63) is 60.3 Å². The number of amides is 3. The maximum Gasteiger partial charge on any atom is 0.573 e. The lowest BCUT2D eigenvalue weighted by Gasteiger charge is -2.29. The van der Waals surface area contributed by atoms with Crippen molar-refractivity contribution in [2.24, 2.45) is 0 Å². The van der Waals surface area contributed by atoms with Crippen LogP contribution in [0.1, 0.15) is 24.8 Å². The number of ether oxygens (including phenoxy) is 1. The van der Waals surface area contributed by atoms with E-state index < -0.39 is 24.1 Å². The fourth-order valence-corrected chi connectivity index (χ4v) is 4.61. The van der Waals surface area contributed by atoms with Gasteiger partial charge in [0.2, 0.25) is 0 Å². The molecule has 3 heterocycles. The molecule has 0 bridgehead atoms. The maximum atomic E-state index is 13.1. The minimum Gasteiger partial charge on any atom is -0.406 e. The van der Waals surface area contributed by atoms with Crippen molar-refractivity contribution in [1.82, 2.24) is 9.88 Å². The first kappa shape index (κ1) is 22.9. The Balaban J connectivity index is 1.36. The van der Waals surface area contributed by atoms with Crippen molar-refractivity contribution in [3.63, 3.8) is 0 Å². The summed E-state index contributed by atoms with van der Waals surface area (Å²) >= 11 is 0. The molecule has 2 fully saturated rings. The molecule has 0 spiro atoms. The van der Waals surface area contributed by atoms with E-state index in [0.29, 0.717) is 0 Å². The minimum atomic E-state index is -4.82. The zero-order valence-corrected chi connectivity index (χ0v) is 18.8. The van der Waals surface area contributed by atoms with E-state index in [2.05, 4.69) is 26.8 Å². The van der Waals surface area contributed by atoms with Crippen molar-refractivity contribution in [2.75, 3.05) is 29.4 Å². The lowest BCUT2D eigenvalue weighted by Crippen LogP contribution is -2.32. The Kier molecular flexibility index (Phi) is 5.96. The van der Waals surface area contributed by atoms with Crippen LogP contribution in [0.5, 0.6) is 5.75 Å². The Morgan fingerprint density at radius 2 is 1.63 bits per heavy atom. The average molecular weight is 484 g/mol. The van der Waals surface area contributed by atoms with Gasteiger partial charge < -0.3 is 14.5 Å². The van der Waals surface area contributed by atoms with Gasteiger partial charge in [0.1, 0.15) is 12.3 Å². The first-order valence-electron chi connectivity index (χ1n) is 11.4. The number of pyridine rings is 1. The molecule has 1 aromatic heterocycles. The van der Waals surface area contributed by atoms with Gasteiger partial charge in [0.05, 0.1) is 11.2 Å². The Morgan fingerprint density at radius 3 is 2.34 bits per heavy atom. The fraction of sp³-hybridized carbons (Fsp3) is 0.320. The van der Waals surface area contributed by atoms with Gasteiger partial charge in [0, 0.05) is 36.9 Å². The largest absolute Gasteiger partial charge is 0.573 e. The van der Waals surface area contributed by atoms with Gasteiger partial charge in [0.25, 0.3) is 5.91 Å². The van der Waals surface area contributed by atoms with Crippen LogP contribution in [-0.4, -0.2) is 47.8 Å². The molecule has 0 aliphatic carbocycles. The average Bonchev–Trinajstić information content (AvgIpc) is 3.12. The predicted octanol–water partition coefficient (Wildman–Crippen LogP) is 5.09. The maximum absolute atomic E-state index is 13.1. The summed E-state index contributed by atoms with van der Waals surface area (Å²) in [5.41, 5.74) is 2.96. The summed E-state index contributed by atoms with van der Waals surface area (Å²) < 4.78 is 41.1. The molecule has 2 saturated heterocycles. The molecule has 0 atom stereocenters. The summed E-state index contributed by atoms with van der Waals surface area (Å²) in [6, 6.07) is 12.1. The van der Waals surface area contributed by atoms with Crippen LogP contribution in [0.2, 0.25) is 0 Å². The van der Waals surface area contributed by atoms with Gasteiger partial charge in [-0.25, -0.2) is 9.69 Å². The van der Waals surface area contributed by atoms with Crippen LogP contribution in [0.4, 0.5) is 29.3 Å². The molecule has 0 unspecified atom stereocenters. The van der Waals surface area contributed by atoms with E-state index in [0.717, 1.165) is 65.1 Å². The highest BCUT2D eigenvalue weighted by atomic mass is 19.4. The van der Waals surface area contributed by atoms with Crippen LogP contribution in [0.15, 0.2) is 54.7 Å². The number of carbonyl (C=O) groups excluding carboxylic acids is 2. The Hall–Kier alpha value is -3.82. The molecular weight excluding hydrogens is 461 g/mol. The first-order valence-corrected chi connectivity index (χ1v) is 11.4. The molecule has 35 heavy (non-hydrogen) atoms. The molecule has 182 valence electrons. The predicted molar refractivity (Wildman–Crippen MR) is 124 cm³/mol. The van der Waals surface area contributed by atoms with Crippen LogP contribution >= 0.6 is 0 Å². The Morgan fingerprint density at radius 1 is 0.914 bits per heavy atom. The van der Waals surface area contributed by atoms with E-state index in [9.17, 15) is 22.8 Å². The molecular formula is C25H23F3N4O3. The smallest absolute Gasteiger partial charge is 0.406 e. The second-order valence-electron chi connectivity index (χ2n) is 8.63. The third-order valence-electron chi connectivity index (χ3n) is 6.26. The number of fused-ring (bicyclic) bond motifs is 1. The molecule has 3 amide bonds. The second kappa shape index (κ2) is 9.09. The molecule has 7 nitrogen and oxygen atoms in total. The van der Waals surface area contributed by atoms with E-state index in [1.807, 2.05) is 12.1 Å². The summed E-state index contributed by atoms with van der Waals surface area (Å²) in [5, 5.41) is 0.919. The van der Waals surface area contributed by atoms with Crippen LogP contribution < -0.4 is 14.5 Å². The zero-order valence-electron chi connectivity index (χ0n) is 18.8. The quantitative estimate of drug-likeness (QED) is 0.472. The summed E-state index contributed by atoms with van der Waals surface area (Å²) in [6.45, 7) is 2.08. The second-order valence-corrected chi connectivity index (χ2v) is 8.63. The zero-order chi connectivity index (χ0) is 24.6. The number of carbonyl (C=O) groups is 2. The number of aromatic nitrogens is 1. The summed E-state index contributed by atoms with van der Waals surface area (Å²) in [7, 11) is 0. The van der Waals surface area contributed by atoms with Crippen LogP contribution in [0.25, 0.3) is 10.9 Å². The van der Waals surface area contributed by atoms with Crippen molar-refractivity contribution < 1.29 is 27.5 Å². The molecule has 0 saturated carbocycles. The van der Waals surface area contributed by atoms with Crippen molar-refractivity contribution >= 4 is 34.2 Å². The van der Waals surface area contributed by atoms with Gasteiger partial charge in [0.15, 0.2) is 0 Å². The summed E-state index contributed by atoms with van der Waals surface area (Å²) in [5.74, 6) is -0.878. The van der Waals surface area contributed by atoms with E-state index in [4.69, 9.17) is 0 Å². The number of halogens is 3. The number of nitrogens with zero attached hydrogens (tertiary/aromatic N) is 4. The van der Waals surface area contributed by atoms with E-state index in [-0.39, 0.29) is 18.8 Å².